The molecule has 1 saturated heterocycles. The number of unbranched alkanes of at least 4 members (excludes halogenated alkanes) is 1. The van der Waals surface area contributed by atoms with Crippen molar-refractivity contribution in [1.82, 2.24) is 15.5 Å². The fourth-order valence-electron chi connectivity index (χ4n) is 5.57. The number of hydrogen-bond donors (Lipinski definition) is 3. The van der Waals surface area contributed by atoms with E-state index in [0.717, 1.165) is 65.0 Å². The molecular weight excluding hydrogens is 552 g/mol. The average Bonchev–Trinajstić information content (AvgIpc) is 3.47. The van der Waals surface area contributed by atoms with E-state index in [0.29, 0.717) is 0 Å². The van der Waals surface area contributed by atoms with Gasteiger partial charge in [0.05, 0.1) is 11.4 Å². The zero-order chi connectivity index (χ0) is 22.6. The molecule has 6 nitrogen and oxygen atoms in total. The van der Waals surface area contributed by atoms with E-state index in [9.17, 15) is 4.79 Å². The Morgan fingerprint density at radius 1 is 0.946 bits per heavy atom. The lowest BCUT2D eigenvalue weighted by Crippen LogP contribution is -2.29. The molecule has 0 radical (unpaired) electrons. The van der Waals surface area contributed by atoms with Crippen LogP contribution >= 0.6 is 49.6 Å². The molecule has 1 fully saturated rings. The molecule has 37 heavy (non-hydrogen) atoms. The van der Waals surface area contributed by atoms with E-state index in [1.807, 2.05) is 23.1 Å². The van der Waals surface area contributed by atoms with Crippen LogP contribution in [-0.2, 0) is 0 Å². The van der Waals surface area contributed by atoms with Gasteiger partial charge in [-0.15, -0.1) is 49.6 Å². The number of carbonyl (C=O) groups excluding carboxylic acids is 1. The lowest BCUT2D eigenvalue weighted by atomic mass is 9.91. The highest BCUT2D eigenvalue weighted by atomic mass is 35.5. The summed E-state index contributed by atoms with van der Waals surface area (Å²) in [6.45, 7) is 3.08. The minimum Gasteiger partial charge on any atom is -0.328 e. The topological polar surface area (TPSA) is 87.0 Å². The summed E-state index contributed by atoms with van der Waals surface area (Å²) in [6.07, 6.45) is 11.2. The molecule has 0 saturated carbocycles. The molecule has 0 aliphatic carbocycles. The van der Waals surface area contributed by atoms with Gasteiger partial charge in [-0.2, -0.15) is 5.10 Å². The van der Waals surface area contributed by atoms with Crippen molar-refractivity contribution >= 4 is 72.0 Å². The predicted molar refractivity (Wildman–Crippen MR) is 163 cm³/mol. The summed E-state index contributed by atoms with van der Waals surface area (Å²) in [4.78, 5) is 15.1. The SMILES string of the molecule is Cl.Cl.Cl.Cl.NC(CCCCC1CCNCC1)CCCN1C(=O)c2cccc3c(-c4ccn[nH]4)ccc1c23. The number of amides is 1. The van der Waals surface area contributed by atoms with Crippen LogP contribution in [0.3, 0.4) is 0 Å². The van der Waals surface area contributed by atoms with Crippen molar-refractivity contribution in [3.8, 4) is 11.3 Å². The van der Waals surface area contributed by atoms with E-state index in [1.165, 1.54) is 45.2 Å². The van der Waals surface area contributed by atoms with E-state index in [-0.39, 0.29) is 61.6 Å². The van der Waals surface area contributed by atoms with Gasteiger partial charge in [0, 0.05) is 35.3 Å². The molecule has 1 atom stereocenters. The maximum atomic E-state index is 13.2. The highest BCUT2D eigenvalue weighted by Crippen LogP contribution is 2.41. The van der Waals surface area contributed by atoms with E-state index in [2.05, 4.69) is 33.7 Å². The fraction of sp³-hybridized carbons (Fsp3) is 0.481. The van der Waals surface area contributed by atoms with Crippen LogP contribution in [-0.4, -0.2) is 41.8 Å². The molecule has 1 amide bonds. The third kappa shape index (κ3) is 7.53. The number of anilines is 1. The minimum atomic E-state index is 0. The maximum absolute atomic E-state index is 13.2. The number of nitrogens with two attached hydrogens (primary N) is 1. The first-order chi connectivity index (χ1) is 16.2. The van der Waals surface area contributed by atoms with Crippen molar-refractivity contribution in [2.24, 2.45) is 11.7 Å². The summed E-state index contributed by atoms with van der Waals surface area (Å²) in [7, 11) is 0. The summed E-state index contributed by atoms with van der Waals surface area (Å²) in [5.74, 6) is 1.01. The average molecular weight is 591 g/mol. The summed E-state index contributed by atoms with van der Waals surface area (Å²) < 4.78 is 0. The quantitative estimate of drug-likeness (QED) is 0.234. The molecule has 0 bridgehead atoms. The first-order valence-electron chi connectivity index (χ1n) is 12.6. The van der Waals surface area contributed by atoms with Crippen LogP contribution in [0.25, 0.3) is 22.0 Å². The van der Waals surface area contributed by atoms with Crippen LogP contribution in [0.2, 0.25) is 0 Å². The van der Waals surface area contributed by atoms with Crippen LogP contribution in [0, 0.1) is 5.92 Å². The van der Waals surface area contributed by atoms with Gasteiger partial charge in [0.1, 0.15) is 0 Å². The van der Waals surface area contributed by atoms with Crippen molar-refractivity contribution in [3.63, 3.8) is 0 Å². The Bertz CT molecular complexity index is 1110. The largest absolute Gasteiger partial charge is 0.328 e. The third-order valence-electron chi connectivity index (χ3n) is 7.43. The molecule has 3 heterocycles. The van der Waals surface area contributed by atoms with Gasteiger partial charge in [0.15, 0.2) is 0 Å². The van der Waals surface area contributed by atoms with Gasteiger partial charge in [0.2, 0.25) is 0 Å². The molecule has 1 aromatic heterocycles. The molecule has 3 aromatic rings. The Hall–Kier alpha value is -1.54. The molecule has 2 aliphatic rings. The van der Waals surface area contributed by atoms with Crippen LogP contribution < -0.4 is 16.0 Å². The van der Waals surface area contributed by atoms with Crippen LogP contribution in [0.1, 0.15) is 61.7 Å². The molecule has 10 heteroatoms. The molecule has 2 aliphatic heterocycles. The number of nitrogens with one attached hydrogen (secondary N) is 2. The molecule has 2 aromatic carbocycles. The predicted octanol–water partition coefficient (Wildman–Crippen LogP) is 6.54. The van der Waals surface area contributed by atoms with Gasteiger partial charge in [-0.1, -0.05) is 37.5 Å². The molecular formula is C27H39Cl4N5O. The van der Waals surface area contributed by atoms with Gasteiger partial charge >= 0.3 is 0 Å². The number of piperidine rings is 1. The van der Waals surface area contributed by atoms with Crippen molar-refractivity contribution in [3.05, 3.63) is 48.2 Å². The highest BCUT2D eigenvalue weighted by molar-refractivity contribution is 6.26. The third-order valence-corrected chi connectivity index (χ3v) is 7.43. The number of aromatic amines is 1. The number of rotatable bonds is 10. The monoisotopic (exact) mass is 589 g/mol. The number of halogens is 4. The lowest BCUT2D eigenvalue weighted by molar-refractivity contribution is 0.0992. The van der Waals surface area contributed by atoms with Crippen LogP contribution in [0.5, 0.6) is 0 Å². The first-order valence-corrected chi connectivity index (χ1v) is 12.6. The molecule has 1 unspecified atom stereocenters. The zero-order valence-electron chi connectivity index (χ0n) is 21.0. The Balaban J connectivity index is 0.00000171. The molecule has 4 N–H and O–H groups in total. The second-order valence-electron chi connectivity index (χ2n) is 9.67. The number of aromatic nitrogens is 2. The highest BCUT2D eigenvalue weighted by Gasteiger charge is 2.30. The smallest absolute Gasteiger partial charge is 0.258 e. The van der Waals surface area contributed by atoms with Gasteiger partial charge in [-0.25, -0.2) is 0 Å². The summed E-state index contributed by atoms with van der Waals surface area (Å²) in [6, 6.07) is 12.4. The van der Waals surface area contributed by atoms with Gasteiger partial charge in [-0.05, 0) is 74.7 Å². The fourth-order valence-corrected chi connectivity index (χ4v) is 5.57. The van der Waals surface area contributed by atoms with Crippen molar-refractivity contribution in [2.75, 3.05) is 24.5 Å². The van der Waals surface area contributed by atoms with Crippen LogP contribution in [0.15, 0.2) is 42.6 Å². The summed E-state index contributed by atoms with van der Waals surface area (Å²) >= 11 is 0. The lowest BCUT2D eigenvalue weighted by Gasteiger charge is -2.22. The summed E-state index contributed by atoms with van der Waals surface area (Å²) in [5, 5.41) is 12.7. The molecule has 206 valence electrons. The molecule has 5 rings (SSSR count). The van der Waals surface area contributed by atoms with E-state index in [4.69, 9.17) is 5.73 Å². The number of nitrogens with zero attached hydrogens (tertiary/aromatic N) is 2. The Kier molecular flexibility index (Phi) is 14.3. The number of carbonyl (C=O) groups is 1. The minimum absolute atomic E-state index is 0. The molecule has 0 spiro atoms. The van der Waals surface area contributed by atoms with E-state index < -0.39 is 0 Å². The second-order valence-corrected chi connectivity index (χ2v) is 9.67. The van der Waals surface area contributed by atoms with Crippen LogP contribution in [0.4, 0.5) is 5.69 Å². The Morgan fingerprint density at radius 3 is 2.43 bits per heavy atom. The van der Waals surface area contributed by atoms with Gasteiger partial charge in [-0.3, -0.25) is 9.89 Å². The maximum Gasteiger partial charge on any atom is 0.258 e. The number of benzene rings is 2. The normalized spacial score (nSPS) is 15.4. The van der Waals surface area contributed by atoms with Crippen molar-refractivity contribution < 1.29 is 4.79 Å². The van der Waals surface area contributed by atoms with Crippen molar-refractivity contribution in [2.45, 2.75) is 57.4 Å². The summed E-state index contributed by atoms with van der Waals surface area (Å²) in [5.41, 5.74) is 10.3. The number of H-pyrrole nitrogens is 1. The van der Waals surface area contributed by atoms with Crippen molar-refractivity contribution in [1.29, 1.82) is 0 Å². The van der Waals surface area contributed by atoms with Gasteiger partial charge in [0.25, 0.3) is 5.91 Å². The van der Waals surface area contributed by atoms with E-state index in [1.54, 1.807) is 6.20 Å². The number of hydrogen-bond acceptors (Lipinski definition) is 4. The Labute approximate surface area is 244 Å². The van der Waals surface area contributed by atoms with Gasteiger partial charge < -0.3 is 16.0 Å². The second kappa shape index (κ2) is 15.8. The zero-order valence-corrected chi connectivity index (χ0v) is 24.3. The Morgan fingerprint density at radius 2 is 1.70 bits per heavy atom. The standard InChI is InChI=1S/C27H35N5O.4ClH/c28-20(6-2-1-5-19-12-15-29-16-13-19)7-4-18-32-25-11-10-21(24-14-17-30-31-24)22-8-3-9-23(26(22)25)27(32)33;;;;/h3,8-11,14,17,19-20,29H,1-2,4-7,12-13,15-16,18,28H2,(H,30,31);4*1H. The van der Waals surface area contributed by atoms with E-state index >= 15 is 0 Å². The first kappa shape index (κ1) is 33.5.